The second-order valence-corrected chi connectivity index (χ2v) is 6.20. The Morgan fingerprint density at radius 3 is 2.54 bits per heavy atom. The van der Waals surface area contributed by atoms with Crippen molar-refractivity contribution in [2.45, 2.75) is 13.8 Å². The zero-order valence-electron chi connectivity index (χ0n) is 13.1. The first-order chi connectivity index (χ1) is 11.5. The minimum Gasteiger partial charge on any atom is -0.338 e. The Labute approximate surface area is 150 Å². The largest absolute Gasteiger partial charge is 0.338 e. The van der Waals surface area contributed by atoms with E-state index in [4.69, 9.17) is 23.2 Å². The second kappa shape index (κ2) is 7.03. The van der Waals surface area contributed by atoms with Crippen molar-refractivity contribution in [1.82, 2.24) is 15.2 Å². The Bertz CT molecular complexity index is 883. The summed E-state index contributed by atoms with van der Waals surface area (Å²) in [7, 11) is 0. The van der Waals surface area contributed by atoms with Crippen LogP contribution in [-0.4, -0.2) is 15.2 Å². The molecule has 24 heavy (non-hydrogen) atoms. The van der Waals surface area contributed by atoms with Gasteiger partial charge in [-0.2, -0.15) is 10.1 Å². The number of nitrogens with one attached hydrogen (secondary N) is 2. The lowest BCUT2D eigenvalue weighted by Gasteiger charge is -2.11. The quantitative estimate of drug-likeness (QED) is 0.663. The van der Waals surface area contributed by atoms with Gasteiger partial charge in [0.25, 0.3) is 0 Å². The minimum atomic E-state index is 0.402. The van der Waals surface area contributed by atoms with E-state index in [1.165, 1.54) is 6.20 Å². The van der Waals surface area contributed by atoms with Gasteiger partial charge in [0.05, 0.1) is 16.9 Å². The van der Waals surface area contributed by atoms with Gasteiger partial charge in [0.2, 0.25) is 5.95 Å². The van der Waals surface area contributed by atoms with Crippen molar-refractivity contribution in [2.24, 2.45) is 0 Å². The van der Waals surface area contributed by atoms with Crippen LogP contribution in [0.2, 0.25) is 10.0 Å². The molecule has 3 rings (SSSR count). The van der Waals surface area contributed by atoms with Gasteiger partial charge in [-0.15, -0.1) is 5.10 Å². The highest BCUT2D eigenvalue weighted by atomic mass is 35.5. The first kappa shape index (κ1) is 16.5. The van der Waals surface area contributed by atoms with E-state index in [-0.39, 0.29) is 0 Å². The number of anilines is 4. The van der Waals surface area contributed by atoms with Gasteiger partial charge in [-0.1, -0.05) is 35.3 Å². The van der Waals surface area contributed by atoms with Gasteiger partial charge >= 0.3 is 0 Å². The van der Waals surface area contributed by atoms with E-state index in [9.17, 15) is 0 Å². The molecule has 3 aromatic rings. The van der Waals surface area contributed by atoms with Crippen molar-refractivity contribution >= 4 is 46.3 Å². The Morgan fingerprint density at radius 2 is 1.75 bits per heavy atom. The summed E-state index contributed by atoms with van der Waals surface area (Å²) in [6.45, 7) is 4.05. The third-order valence-corrected chi connectivity index (χ3v) is 3.94. The van der Waals surface area contributed by atoms with Crippen molar-refractivity contribution in [3.8, 4) is 0 Å². The molecular weight excluding hydrogens is 345 g/mol. The first-order valence-corrected chi connectivity index (χ1v) is 8.03. The van der Waals surface area contributed by atoms with Crippen molar-refractivity contribution in [3.05, 3.63) is 63.8 Å². The van der Waals surface area contributed by atoms with Crippen molar-refractivity contribution in [1.29, 1.82) is 0 Å². The maximum absolute atomic E-state index is 6.16. The average Bonchev–Trinajstić information content (AvgIpc) is 2.54. The average molecular weight is 360 g/mol. The molecule has 122 valence electrons. The molecule has 0 saturated carbocycles. The van der Waals surface area contributed by atoms with Crippen LogP contribution < -0.4 is 10.6 Å². The van der Waals surface area contributed by atoms with Gasteiger partial charge in [0.1, 0.15) is 0 Å². The monoisotopic (exact) mass is 359 g/mol. The number of hydrogen-bond donors (Lipinski definition) is 2. The lowest BCUT2D eigenvalue weighted by Crippen LogP contribution is -2.03. The number of aromatic nitrogens is 3. The predicted octanol–water partition coefficient (Wildman–Crippen LogP) is 5.28. The van der Waals surface area contributed by atoms with Gasteiger partial charge in [0.15, 0.2) is 5.82 Å². The van der Waals surface area contributed by atoms with Crippen LogP contribution >= 0.6 is 23.2 Å². The van der Waals surface area contributed by atoms with Crippen molar-refractivity contribution < 1.29 is 0 Å². The Kier molecular flexibility index (Phi) is 4.83. The summed E-state index contributed by atoms with van der Waals surface area (Å²) in [4.78, 5) is 4.41. The maximum Gasteiger partial charge on any atom is 0.249 e. The SMILES string of the molecule is Cc1ccc(C)c(Nc2nncc(Nc3ccc(Cl)cc3Cl)n2)c1. The Morgan fingerprint density at radius 1 is 0.917 bits per heavy atom. The summed E-state index contributed by atoms with van der Waals surface area (Å²) in [5.74, 6) is 0.931. The van der Waals surface area contributed by atoms with Crippen LogP contribution in [0.5, 0.6) is 0 Å². The standard InChI is InChI=1S/C17H15Cl2N5/c1-10-3-4-11(2)15(7-10)22-17-23-16(9-20-24-17)21-14-6-5-12(18)8-13(14)19/h3-9H,1-2H3,(H2,21,22,23,24). The molecule has 2 aromatic carbocycles. The van der Waals surface area contributed by atoms with E-state index in [1.807, 2.05) is 26.0 Å². The highest BCUT2D eigenvalue weighted by Crippen LogP contribution is 2.28. The third kappa shape index (κ3) is 3.93. The second-order valence-electron chi connectivity index (χ2n) is 5.36. The third-order valence-electron chi connectivity index (χ3n) is 3.39. The van der Waals surface area contributed by atoms with Crippen molar-refractivity contribution in [3.63, 3.8) is 0 Å². The molecule has 2 N–H and O–H groups in total. The normalized spacial score (nSPS) is 10.5. The fourth-order valence-electron chi connectivity index (χ4n) is 2.14. The Hall–Kier alpha value is -2.37. The number of aryl methyl sites for hydroxylation is 2. The maximum atomic E-state index is 6.16. The van der Waals surface area contributed by atoms with Crippen LogP contribution in [0.25, 0.3) is 0 Å². The van der Waals surface area contributed by atoms with Crippen LogP contribution in [0.1, 0.15) is 11.1 Å². The minimum absolute atomic E-state index is 0.402. The molecule has 0 spiro atoms. The van der Waals surface area contributed by atoms with E-state index in [1.54, 1.807) is 18.2 Å². The molecule has 0 bridgehead atoms. The molecule has 0 aliphatic carbocycles. The van der Waals surface area contributed by atoms with E-state index >= 15 is 0 Å². The number of nitrogens with zero attached hydrogens (tertiary/aromatic N) is 3. The molecule has 0 unspecified atom stereocenters. The summed E-state index contributed by atoms with van der Waals surface area (Å²) in [5, 5.41) is 15.4. The molecule has 0 saturated heterocycles. The molecule has 0 aliphatic heterocycles. The van der Waals surface area contributed by atoms with E-state index < -0.39 is 0 Å². The van der Waals surface area contributed by atoms with Crippen LogP contribution in [-0.2, 0) is 0 Å². The molecule has 0 amide bonds. The molecule has 1 aromatic heterocycles. The lowest BCUT2D eigenvalue weighted by molar-refractivity contribution is 0.981. The summed E-state index contributed by atoms with van der Waals surface area (Å²) in [5.41, 5.74) is 3.89. The van der Waals surface area contributed by atoms with E-state index in [2.05, 4.69) is 31.9 Å². The number of halogens is 2. The first-order valence-electron chi connectivity index (χ1n) is 7.27. The predicted molar refractivity (Wildman–Crippen MR) is 98.8 cm³/mol. The highest BCUT2D eigenvalue weighted by molar-refractivity contribution is 6.36. The zero-order chi connectivity index (χ0) is 17.1. The fourth-order valence-corrected chi connectivity index (χ4v) is 2.59. The number of benzene rings is 2. The number of hydrogen-bond acceptors (Lipinski definition) is 5. The zero-order valence-corrected chi connectivity index (χ0v) is 14.7. The smallest absolute Gasteiger partial charge is 0.249 e. The summed E-state index contributed by atoms with van der Waals surface area (Å²) >= 11 is 12.1. The topological polar surface area (TPSA) is 62.7 Å². The summed E-state index contributed by atoms with van der Waals surface area (Å²) in [6, 6.07) is 11.3. The van der Waals surface area contributed by atoms with Gasteiger partial charge < -0.3 is 10.6 Å². The molecule has 5 nitrogen and oxygen atoms in total. The molecule has 0 radical (unpaired) electrons. The Balaban J connectivity index is 1.82. The van der Waals surface area contributed by atoms with E-state index in [0.717, 1.165) is 16.8 Å². The molecular formula is C17H15Cl2N5. The van der Waals surface area contributed by atoms with E-state index in [0.29, 0.717) is 27.5 Å². The lowest BCUT2D eigenvalue weighted by atomic mass is 10.1. The van der Waals surface area contributed by atoms with Gasteiger partial charge in [-0.05, 0) is 49.2 Å². The van der Waals surface area contributed by atoms with Crippen LogP contribution in [0, 0.1) is 13.8 Å². The van der Waals surface area contributed by atoms with Crippen LogP contribution in [0.15, 0.2) is 42.6 Å². The van der Waals surface area contributed by atoms with Crippen molar-refractivity contribution in [2.75, 3.05) is 10.6 Å². The van der Waals surface area contributed by atoms with Gasteiger partial charge in [-0.25, -0.2) is 0 Å². The van der Waals surface area contributed by atoms with Crippen LogP contribution in [0.4, 0.5) is 23.1 Å². The molecule has 0 aliphatic rings. The van der Waals surface area contributed by atoms with Gasteiger partial charge in [0, 0.05) is 10.7 Å². The highest BCUT2D eigenvalue weighted by Gasteiger charge is 2.06. The summed E-state index contributed by atoms with van der Waals surface area (Å²) in [6.07, 6.45) is 1.53. The van der Waals surface area contributed by atoms with Crippen LogP contribution in [0.3, 0.4) is 0 Å². The molecule has 0 atom stereocenters. The number of rotatable bonds is 4. The molecule has 1 heterocycles. The summed E-state index contributed by atoms with van der Waals surface area (Å²) < 4.78 is 0. The fraction of sp³-hybridized carbons (Fsp3) is 0.118. The molecule has 0 fully saturated rings. The van der Waals surface area contributed by atoms with Gasteiger partial charge in [-0.3, -0.25) is 0 Å². The molecule has 7 heteroatoms.